The fraction of sp³-hybridized carbons (Fsp3) is 0.263. The molecule has 2 aromatic rings. The van der Waals surface area contributed by atoms with E-state index in [0.717, 1.165) is 11.3 Å². The van der Waals surface area contributed by atoms with Crippen molar-refractivity contribution >= 4 is 17.6 Å². The summed E-state index contributed by atoms with van der Waals surface area (Å²) in [6, 6.07) is 14.2. The van der Waals surface area contributed by atoms with Gasteiger partial charge in [0.05, 0.1) is 6.61 Å². The molecule has 0 aliphatic rings. The van der Waals surface area contributed by atoms with E-state index in [2.05, 4.69) is 5.32 Å². The van der Waals surface area contributed by atoms with E-state index in [1.807, 2.05) is 26.0 Å². The number of aryl methyl sites for hydroxylation is 1. The van der Waals surface area contributed by atoms with Crippen molar-refractivity contribution in [3.63, 3.8) is 0 Å². The average molecular weight is 343 g/mol. The smallest absolute Gasteiger partial charge is 0.344 e. The normalized spacial score (nSPS) is 10.0. The minimum absolute atomic E-state index is 0.251. The molecule has 6 nitrogen and oxygen atoms in total. The van der Waals surface area contributed by atoms with Crippen LogP contribution in [0.2, 0.25) is 0 Å². The van der Waals surface area contributed by atoms with Crippen molar-refractivity contribution in [2.45, 2.75) is 13.8 Å². The Hall–Kier alpha value is -3.02. The predicted molar refractivity (Wildman–Crippen MR) is 93.9 cm³/mol. The first-order chi connectivity index (χ1) is 12.1. The molecular formula is C19H21NO5. The van der Waals surface area contributed by atoms with Crippen LogP contribution in [0.15, 0.2) is 48.5 Å². The highest BCUT2D eigenvalue weighted by Crippen LogP contribution is 2.15. The van der Waals surface area contributed by atoms with Gasteiger partial charge >= 0.3 is 5.97 Å². The molecule has 2 aromatic carbocycles. The molecule has 2 rings (SSSR count). The van der Waals surface area contributed by atoms with E-state index in [9.17, 15) is 9.59 Å². The molecule has 0 bridgehead atoms. The van der Waals surface area contributed by atoms with Crippen LogP contribution in [0.1, 0.15) is 12.5 Å². The van der Waals surface area contributed by atoms with Crippen LogP contribution >= 0.6 is 0 Å². The highest BCUT2D eigenvalue weighted by atomic mass is 16.6. The molecule has 0 saturated heterocycles. The van der Waals surface area contributed by atoms with E-state index in [4.69, 9.17) is 14.2 Å². The van der Waals surface area contributed by atoms with Gasteiger partial charge in [0.15, 0.2) is 13.2 Å². The molecule has 0 aliphatic heterocycles. The Labute approximate surface area is 146 Å². The Morgan fingerprint density at radius 2 is 1.48 bits per heavy atom. The molecule has 0 spiro atoms. The van der Waals surface area contributed by atoms with Gasteiger partial charge in [-0.2, -0.15) is 0 Å². The summed E-state index contributed by atoms with van der Waals surface area (Å²) in [5.41, 5.74) is 1.70. The van der Waals surface area contributed by atoms with Crippen molar-refractivity contribution in [3.8, 4) is 11.5 Å². The van der Waals surface area contributed by atoms with E-state index in [-0.39, 0.29) is 13.2 Å². The molecular weight excluding hydrogens is 322 g/mol. The second kappa shape index (κ2) is 9.32. The molecule has 0 radical (unpaired) electrons. The van der Waals surface area contributed by atoms with E-state index in [0.29, 0.717) is 18.0 Å². The molecule has 0 heterocycles. The SMILES string of the molecule is CCOc1ccc(NC(=O)COC(=O)COc2ccc(C)cc2)cc1. The van der Waals surface area contributed by atoms with Crippen molar-refractivity contribution in [2.75, 3.05) is 25.1 Å². The Bertz CT molecular complexity index is 695. The van der Waals surface area contributed by atoms with Crippen LogP contribution in [0.3, 0.4) is 0 Å². The Kier molecular flexibility index (Phi) is 6.83. The lowest BCUT2D eigenvalue weighted by atomic mass is 10.2. The quantitative estimate of drug-likeness (QED) is 0.746. The number of benzene rings is 2. The van der Waals surface area contributed by atoms with E-state index in [1.54, 1.807) is 36.4 Å². The lowest BCUT2D eigenvalue weighted by Gasteiger charge is -2.09. The summed E-state index contributed by atoms with van der Waals surface area (Å²) in [7, 11) is 0. The van der Waals surface area contributed by atoms with E-state index < -0.39 is 11.9 Å². The van der Waals surface area contributed by atoms with E-state index in [1.165, 1.54) is 0 Å². The number of carbonyl (C=O) groups excluding carboxylic acids is 2. The standard InChI is InChI=1S/C19H21NO5/c1-3-23-16-10-6-15(7-11-16)20-18(21)12-25-19(22)13-24-17-8-4-14(2)5-9-17/h4-11H,3,12-13H2,1-2H3,(H,20,21). The number of nitrogens with one attached hydrogen (secondary N) is 1. The van der Waals surface area contributed by atoms with Gasteiger partial charge < -0.3 is 19.5 Å². The number of hydrogen-bond acceptors (Lipinski definition) is 5. The van der Waals surface area contributed by atoms with Gasteiger partial charge in [0, 0.05) is 5.69 Å². The number of amides is 1. The van der Waals surface area contributed by atoms with Gasteiger partial charge in [-0.25, -0.2) is 4.79 Å². The van der Waals surface area contributed by atoms with Gasteiger partial charge in [0.2, 0.25) is 0 Å². The van der Waals surface area contributed by atoms with Crippen LogP contribution in [-0.2, 0) is 14.3 Å². The minimum Gasteiger partial charge on any atom is -0.494 e. The largest absolute Gasteiger partial charge is 0.494 e. The van der Waals surface area contributed by atoms with Crippen LogP contribution in [-0.4, -0.2) is 31.7 Å². The monoisotopic (exact) mass is 343 g/mol. The highest BCUT2D eigenvalue weighted by Gasteiger charge is 2.09. The molecule has 25 heavy (non-hydrogen) atoms. The molecule has 1 amide bonds. The fourth-order valence-corrected chi connectivity index (χ4v) is 1.96. The maximum absolute atomic E-state index is 11.8. The zero-order valence-electron chi connectivity index (χ0n) is 14.3. The molecule has 0 aliphatic carbocycles. The minimum atomic E-state index is -0.609. The Morgan fingerprint density at radius 1 is 0.880 bits per heavy atom. The molecule has 6 heteroatoms. The van der Waals surface area contributed by atoms with Crippen molar-refractivity contribution in [1.82, 2.24) is 0 Å². The summed E-state index contributed by atoms with van der Waals surface area (Å²) in [5.74, 6) is 0.261. The van der Waals surface area contributed by atoms with Crippen LogP contribution in [0.4, 0.5) is 5.69 Å². The van der Waals surface area contributed by atoms with Crippen LogP contribution in [0, 0.1) is 6.92 Å². The molecule has 0 saturated carbocycles. The average Bonchev–Trinajstić information content (AvgIpc) is 2.61. The van der Waals surface area contributed by atoms with Crippen LogP contribution < -0.4 is 14.8 Å². The highest BCUT2D eigenvalue weighted by molar-refractivity contribution is 5.92. The van der Waals surface area contributed by atoms with Gasteiger partial charge in [-0.3, -0.25) is 4.79 Å². The number of hydrogen-bond donors (Lipinski definition) is 1. The number of anilines is 1. The lowest BCUT2D eigenvalue weighted by Crippen LogP contribution is -2.23. The Morgan fingerprint density at radius 3 is 2.12 bits per heavy atom. The summed E-state index contributed by atoms with van der Waals surface area (Å²) in [5, 5.41) is 2.63. The number of esters is 1. The van der Waals surface area contributed by atoms with Crippen LogP contribution in [0.5, 0.6) is 11.5 Å². The van der Waals surface area contributed by atoms with Gasteiger partial charge in [0.25, 0.3) is 5.91 Å². The van der Waals surface area contributed by atoms with Gasteiger partial charge in [-0.1, -0.05) is 17.7 Å². The number of rotatable bonds is 8. The zero-order valence-corrected chi connectivity index (χ0v) is 14.3. The van der Waals surface area contributed by atoms with Crippen molar-refractivity contribution in [3.05, 3.63) is 54.1 Å². The summed E-state index contributed by atoms with van der Waals surface area (Å²) in [6.45, 7) is 3.81. The first kappa shape index (κ1) is 18.3. The summed E-state index contributed by atoms with van der Waals surface area (Å²) < 4.78 is 15.5. The van der Waals surface area contributed by atoms with E-state index >= 15 is 0 Å². The molecule has 132 valence electrons. The summed E-state index contributed by atoms with van der Waals surface area (Å²) >= 11 is 0. The molecule has 0 aromatic heterocycles. The summed E-state index contributed by atoms with van der Waals surface area (Å²) in [6.07, 6.45) is 0. The number of ether oxygens (including phenoxy) is 3. The molecule has 0 fully saturated rings. The maximum atomic E-state index is 11.8. The van der Waals surface area contributed by atoms with Crippen molar-refractivity contribution in [1.29, 1.82) is 0 Å². The van der Waals surface area contributed by atoms with Crippen molar-refractivity contribution in [2.24, 2.45) is 0 Å². The van der Waals surface area contributed by atoms with Crippen LogP contribution in [0.25, 0.3) is 0 Å². The second-order valence-electron chi connectivity index (χ2n) is 5.27. The fourth-order valence-electron chi connectivity index (χ4n) is 1.96. The lowest BCUT2D eigenvalue weighted by molar-refractivity contribution is -0.149. The third-order valence-corrected chi connectivity index (χ3v) is 3.19. The van der Waals surface area contributed by atoms with Gasteiger partial charge in [-0.15, -0.1) is 0 Å². The molecule has 0 unspecified atom stereocenters. The maximum Gasteiger partial charge on any atom is 0.344 e. The first-order valence-corrected chi connectivity index (χ1v) is 7.94. The van der Waals surface area contributed by atoms with Gasteiger partial charge in [-0.05, 0) is 50.2 Å². The second-order valence-corrected chi connectivity index (χ2v) is 5.27. The third-order valence-electron chi connectivity index (χ3n) is 3.19. The molecule has 1 N–H and O–H groups in total. The summed E-state index contributed by atoms with van der Waals surface area (Å²) in [4.78, 5) is 23.4. The Balaban J connectivity index is 1.69. The topological polar surface area (TPSA) is 73.9 Å². The molecule has 0 atom stereocenters. The van der Waals surface area contributed by atoms with Crippen molar-refractivity contribution < 1.29 is 23.8 Å². The third kappa shape index (κ3) is 6.55. The first-order valence-electron chi connectivity index (χ1n) is 7.94. The zero-order chi connectivity index (χ0) is 18.1. The van der Waals surface area contributed by atoms with Gasteiger partial charge in [0.1, 0.15) is 11.5 Å². The predicted octanol–water partition coefficient (Wildman–Crippen LogP) is 2.95. The number of carbonyl (C=O) groups is 2.